The number of rotatable bonds is 2. The third-order valence-corrected chi connectivity index (χ3v) is 2.94. The van der Waals surface area contributed by atoms with Crippen molar-refractivity contribution in [1.82, 2.24) is 0 Å². The lowest BCUT2D eigenvalue weighted by molar-refractivity contribution is 0.475. The number of nitrogens with two attached hydrogens (primary N) is 1. The Morgan fingerprint density at radius 2 is 1.76 bits per heavy atom. The molecule has 0 aliphatic carbocycles. The predicted octanol–water partition coefficient (Wildman–Crippen LogP) is 3.00. The van der Waals surface area contributed by atoms with E-state index in [0.29, 0.717) is 4.99 Å². The number of aromatic hydroxyl groups is 1. The van der Waals surface area contributed by atoms with Gasteiger partial charge in [0.2, 0.25) is 0 Å². The summed E-state index contributed by atoms with van der Waals surface area (Å²) >= 11 is 4.97. The average Bonchev–Trinajstić information content (AvgIpc) is 2.31. The number of phenolic OH excluding ortho intramolecular Hbond substituents is 1. The second kappa shape index (κ2) is 4.55. The molecule has 0 saturated carbocycles. The highest BCUT2D eigenvalue weighted by Gasteiger charge is 2.05. The van der Waals surface area contributed by atoms with Crippen LogP contribution in [0.5, 0.6) is 5.75 Å². The molecular formula is C14H13NOS. The molecule has 2 nitrogen and oxygen atoms in total. The summed E-state index contributed by atoms with van der Waals surface area (Å²) in [4.78, 5) is 0.394. The van der Waals surface area contributed by atoms with Gasteiger partial charge in [0, 0.05) is 5.56 Å². The Morgan fingerprint density at radius 1 is 1.12 bits per heavy atom. The number of aryl methyl sites for hydroxylation is 1. The van der Waals surface area contributed by atoms with E-state index >= 15 is 0 Å². The first-order chi connectivity index (χ1) is 8.08. The number of phenols is 1. The van der Waals surface area contributed by atoms with Gasteiger partial charge in [0.05, 0.1) is 0 Å². The highest BCUT2D eigenvalue weighted by Crippen LogP contribution is 2.26. The van der Waals surface area contributed by atoms with E-state index in [0.717, 1.165) is 22.3 Å². The summed E-state index contributed by atoms with van der Waals surface area (Å²) < 4.78 is 0. The molecule has 17 heavy (non-hydrogen) atoms. The van der Waals surface area contributed by atoms with Crippen molar-refractivity contribution in [2.24, 2.45) is 5.73 Å². The van der Waals surface area contributed by atoms with E-state index in [9.17, 15) is 5.11 Å². The SMILES string of the molecule is Cc1ccc(C(N)=S)cc1-c1ccc(O)cc1. The molecular weight excluding hydrogens is 230 g/mol. The van der Waals surface area contributed by atoms with E-state index < -0.39 is 0 Å². The lowest BCUT2D eigenvalue weighted by Crippen LogP contribution is -2.09. The standard InChI is InChI=1S/C14H13NOS/c1-9-2-3-11(14(15)17)8-13(9)10-4-6-12(16)7-5-10/h2-8,16H,1H3,(H2,15,17). The lowest BCUT2D eigenvalue weighted by atomic mass is 9.98. The minimum Gasteiger partial charge on any atom is -0.508 e. The van der Waals surface area contributed by atoms with Gasteiger partial charge < -0.3 is 10.8 Å². The first kappa shape index (κ1) is 11.6. The van der Waals surface area contributed by atoms with Crippen molar-refractivity contribution < 1.29 is 5.11 Å². The van der Waals surface area contributed by atoms with Gasteiger partial charge >= 0.3 is 0 Å². The molecule has 0 saturated heterocycles. The molecule has 86 valence electrons. The molecule has 0 amide bonds. The molecule has 0 radical (unpaired) electrons. The highest BCUT2D eigenvalue weighted by molar-refractivity contribution is 7.80. The van der Waals surface area contributed by atoms with E-state index in [2.05, 4.69) is 0 Å². The zero-order valence-corrected chi connectivity index (χ0v) is 10.3. The maximum Gasteiger partial charge on any atom is 0.115 e. The maximum atomic E-state index is 9.27. The molecule has 0 spiro atoms. The van der Waals surface area contributed by atoms with Crippen LogP contribution in [0.25, 0.3) is 11.1 Å². The van der Waals surface area contributed by atoms with E-state index in [1.165, 1.54) is 0 Å². The lowest BCUT2D eigenvalue weighted by Gasteiger charge is -2.08. The summed E-state index contributed by atoms with van der Waals surface area (Å²) in [5.74, 6) is 0.261. The first-order valence-electron chi connectivity index (χ1n) is 5.28. The Bertz CT molecular complexity index is 561. The van der Waals surface area contributed by atoms with E-state index in [4.69, 9.17) is 18.0 Å². The Kier molecular flexibility index (Phi) is 3.11. The maximum absolute atomic E-state index is 9.27. The average molecular weight is 243 g/mol. The molecule has 0 unspecified atom stereocenters. The number of hydrogen-bond acceptors (Lipinski definition) is 2. The predicted molar refractivity (Wildman–Crippen MR) is 74.2 cm³/mol. The molecule has 2 aromatic rings. The number of thiocarbonyl (C=S) groups is 1. The largest absolute Gasteiger partial charge is 0.508 e. The Hall–Kier alpha value is -1.87. The molecule has 0 atom stereocenters. The van der Waals surface area contributed by atoms with Crippen molar-refractivity contribution in [3.63, 3.8) is 0 Å². The second-order valence-electron chi connectivity index (χ2n) is 3.94. The fraction of sp³-hybridized carbons (Fsp3) is 0.0714. The smallest absolute Gasteiger partial charge is 0.115 e. The Labute approximate surface area is 106 Å². The van der Waals surface area contributed by atoms with Gasteiger partial charge in [-0.2, -0.15) is 0 Å². The van der Waals surface area contributed by atoms with E-state index in [1.807, 2.05) is 37.3 Å². The third kappa shape index (κ3) is 2.45. The minimum absolute atomic E-state index is 0.261. The topological polar surface area (TPSA) is 46.2 Å². The van der Waals surface area contributed by atoms with Crippen molar-refractivity contribution >= 4 is 17.2 Å². The fourth-order valence-electron chi connectivity index (χ4n) is 1.73. The van der Waals surface area contributed by atoms with Crippen LogP contribution < -0.4 is 5.73 Å². The zero-order valence-electron chi connectivity index (χ0n) is 9.47. The van der Waals surface area contributed by atoms with Crippen LogP contribution in [0.1, 0.15) is 11.1 Å². The van der Waals surface area contributed by atoms with Crippen LogP contribution in [0.2, 0.25) is 0 Å². The molecule has 0 fully saturated rings. The van der Waals surface area contributed by atoms with Crippen LogP contribution in [-0.4, -0.2) is 10.1 Å². The summed E-state index contributed by atoms with van der Waals surface area (Å²) in [7, 11) is 0. The molecule has 3 heteroatoms. The summed E-state index contributed by atoms with van der Waals surface area (Å²) in [6.07, 6.45) is 0. The number of hydrogen-bond donors (Lipinski definition) is 2. The van der Waals surface area contributed by atoms with Gasteiger partial charge in [-0.05, 0) is 41.8 Å². The van der Waals surface area contributed by atoms with Crippen molar-refractivity contribution in [2.45, 2.75) is 6.92 Å². The van der Waals surface area contributed by atoms with Gasteiger partial charge in [0.25, 0.3) is 0 Å². The van der Waals surface area contributed by atoms with Crippen molar-refractivity contribution in [1.29, 1.82) is 0 Å². The first-order valence-corrected chi connectivity index (χ1v) is 5.68. The van der Waals surface area contributed by atoms with Crippen molar-refractivity contribution in [3.8, 4) is 16.9 Å². The molecule has 0 bridgehead atoms. The van der Waals surface area contributed by atoms with Crippen LogP contribution in [-0.2, 0) is 0 Å². The molecule has 0 aliphatic rings. The van der Waals surface area contributed by atoms with Crippen LogP contribution >= 0.6 is 12.2 Å². The Morgan fingerprint density at radius 3 is 2.35 bits per heavy atom. The quantitative estimate of drug-likeness (QED) is 0.797. The summed E-state index contributed by atoms with van der Waals surface area (Å²) in [5, 5.41) is 9.27. The van der Waals surface area contributed by atoms with Crippen LogP contribution in [0.3, 0.4) is 0 Å². The Balaban J connectivity index is 2.54. The summed E-state index contributed by atoms with van der Waals surface area (Å²) in [6.45, 7) is 2.03. The molecule has 0 aromatic heterocycles. The van der Waals surface area contributed by atoms with Gasteiger partial charge in [-0.15, -0.1) is 0 Å². The van der Waals surface area contributed by atoms with E-state index in [1.54, 1.807) is 12.1 Å². The summed E-state index contributed by atoms with van der Waals surface area (Å²) in [5.41, 5.74) is 9.75. The molecule has 2 rings (SSSR count). The van der Waals surface area contributed by atoms with Crippen LogP contribution in [0, 0.1) is 6.92 Å². The van der Waals surface area contributed by atoms with Crippen LogP contribution in [0.15, 0.2) is 42.5 Å². The van der Waals surface area contributed by atoms with Gasteiger partial charge in [-0.3, -0.25) is 0 Å². The van der Waals surface area contributed by atoms with Gasteiger partial charge in [-0.25, -0.2) is 0 Å². The van der Waals surface area contributed by atoms with Gasteiger partial charge in [0.1, 0.15) is 10.7 Å². The van der Waals surface area contributed by atoms with Crippen molar-refractivity contribution in [2.75, 3.05) is 0 Å². The second-order valence-corrected chi connectivity index (χ2v) is 4.38. The van der Waals surface area contributed by atoms with Crippen molar-refractivity contribution in [3.05, 3.63) is 53.6 Å². The van der Waals surface area contributed by atoms with E-state index in [-0.39, 0.29) is 5.75 Å². The van der Waals surface area contributed by atoms with Crippen LogP contribution in [0.4, 0.5) is 0 Å². The minimum atomic E-state index is 0.261. The molecule has 0 aliphatic heterocycles. The monoisotopic (exact) mass is 243 g/mol. The summed E-state index contributed by atoms with van der Waals surface area (Å²) in [6, 6.07) is 13.0. The number of benzene rings is 2. The molecule has 3 N–H and O–H groups in total. The van der Waals surface area contributed by atoms with Gasteiger partial charge in [0.15, 0.2) is 0 Å². The highest BCUT2D eigenvalue weighted by atomic mass is 32.1. The normalized spacial score (nSPS) is 10.2. The molecule has 2 aromatic carbocycles. The molecule has 0 heterocycles. The third-order valence-electron chi connectivity index (χ3n) is 2.70. The zero-order chi connectivity index (χ0) is 12.4. The van der Waals surface area contributed by atoms with Gasteiger partial charge in [-0.1, -0.05) is 36.5 Å². The fourth-order valence-corrected chi connectivity index (χ4v) is 1.85.